The first-order valence-corrected chi connectivity index (χ1v) is 6.85. The van der Waals surface area contributed by atoms with Crippen LogP contribution in [-0.2, 0) is 4.79 Å². The third-order valence-electron chi connectivity index (χ3n) is 3.57. The lowest BCUT2D eigenvalue weighted by Crippen LogP contribution is -2.39. The van der Waals surface area contributed by atoms with Gasteiger partial charge in [0.2, 0.25) is 0 Å². The molecule has 6 heteroatoms. The normalized spacial score (nSPS) is 15.1. The van der Waals surface area contributed by atoms with Gasteiger partial charge in [-0.05, 0) is 31.9 Å². The number of aromatic nitrogens is 1. The molecule has 0 saturated heterocycles. The van der Waals surface area contributed by atoms with E-state index in [2.05, 4.69) is 4.98 Å². The number of carbonyl (C=O) groups is 2. The van der Waals surface area contributed by atoms with Gasteiger partial charge in [-0.3, -0.25) is 9.59 Å². The SMILES string of the molecule is Cc1nc(C(=O)N(CC(C)C(=O)O)C2CC2)ccc1C#N. The molecule has 0 radical (unpaired) electrons. The Labute approximate surface area is 123 Å². The summed E-state index contributed by atoms with van der Waals surface area (Å²) in [7, 11) is 0. The smallest absolute Gasteiger partial charge is 0.308 e. The molecule has 1 aliphatic carbocycles. The Kier molecular flexibility index (Phi) is 4.22. The number of carbonyl (C=O) groups excluding carboxylic acids is 1. The lowest BCUT2D eigenvalue weighted by atomic mass is 10.1. The van der Waals surface area contributed by atoms with Gasteiger partial charge in [0.05, 0.1) is 17.2 Å². The van der Waals surface area contributed by atoms with Crippen LogP contribution in [0.15, 0.2) is 12.1 Å². The Bertz CT molecular complexity index is 617. The van der Waals surface area contributed by atoms with Crippen LogP contribution in [0.4, 0.5) is 0 Å². The fourth-order valence-corrected chi connectivity index (χ4v) is 2.10. The minimum Gasteiger partial charge on any atom is -0.481 e. The fourth-order valence-electron chi connectivity index (χ4n) is 2.10. The molecule has 1 fully saturated rings. The molecule has 1 unspecified atom stereocenters. The number of rotatable bonds is 5. The summed E-state index contributed by atoms with van der Waals surface area (Å²) < 4.78 is 0. The first kappa shape index (κ1) is 15.0. The highest BCUT2D eigenvalue weighted by Gasteiger charge is 2.35. The zero-order chi connectivity index (χ0) is 15.6. The van der Waals surface area contributed by atoms with Crippen LogP contribution in [-0.4, -0.2) is 39.5 Å². The molecule has 6 nitrogen and oxygen atoms in total. The summed E-state index contributed by atoms with van der Waals surface area (Å²) in [6.45, 7) is 3.44. The predicted molar refractivity (Wildman–Crippen MR) is 74.5 cm³/mol. The lowest BCUT2D eigenvalue weighted by molar-refractivity contribution is -0.141. The first-order chi connectivity index (χ1) is 9.93. The van der Waals surface area contributed by atoms with E-state index in [-0.39, 0.29) is 24.2 Å². The zero-order valence-electron chi connectivity index (χ0n) is 12.0. The molecule has 2 rings (SSSR count). The van der Waals surface area contributed by atoms with Crippen LogP contribution in [0.3, 0.4) is 0 Å². The van der Waals surface area contributed by atoms with Crippen LogP contribution in [0, 0.1) is 24.2 Å². The fraction of sp³-hybridized carbons (Fsp3) is 0.467. The standard InChI is InChI=1S/C15H17N3O3/c1-9(15(20)21)8-18(12-4-5-12)14(19)13-6-3-11(7-16)10(2)17-13/h3,6,9,12H,4-5,8H2,1-2H3,(H,20,21). The third-order valence-corrected chi connectivity index (χ3v) is 3.57. The Morgan fingerprint density at radius 3 is 2.67 bits per heavy atom. The monoisotopic (exact) mass is 287 g/mol. The van der Waals surface area contributed by atoms with E-state index in [1.54, 1.807) is 24.8 Å². The van der Waals surface area contributed by atoms with E-state index in [1.165, 1.54) is 6.07 Å². The largest absolute Gasteiger partial charge is 0.481 e. The summed E-state index contributed by atoms with van der Waals surface area (Å²) in [6.07, 6.45) is 1.79. The molecule has 0 aromatic carbocycles. The molecule has 1 N–H and O–H groups in total. The average molecular weight is 287 g/mol. The van der Waals surface area contributed by atoms with E-state index in [0.717, 1.165) is 12.8 Å². The lowest BCUT2D eigenvalue weighted by Gasteiger charge is -2.24. The van der Waals surface area contributed by atoms with Crippen LogP contribution in [0.5, 0.6) is 0 Å². The second-order valence-corrected chi connectivity index (χ2v) is 5.37. The van der Waals surface area contributed by atoms with Crippen molar-refractivity contribution in [2.24, 2.45) is 5.92 Å². The Morgan fingerprint density at radius 1 is 1.52 bits per heavy atom. The first-order valence-electron chi connectivity index (χ1n) is 6.85. The van der Waals surface area contributed by atoms with Crippen molar-refractivity contribution in [2.45, 2.75) is 32.7 Å². The molecule has 0 bridgehead atoms. The summed E-state index contributed by atoms with van der Waals surface area (Å²) in [4.78, 5) is 29.3. The topological polar surface area (TPSA) is 94.3 Å². The Balaban J connectivity index is 2.21. The molecular formula is C15H17N3O3. The van der Waals surface area contributed by atoms with Gasteiger partial charge in [-0.15, -0.1) is 0 Å². The van der Waals surface area contributed by atoms with Gasteiger partial charge in [0.25, 0.3) is 5.91 Å². The van der Waals surface area contributed by atoms with Gasteiger partial charge in [0.15, 0.2) is 0 Å². The highest BCUT2D eigenvalue weighted by molar-refractivity contribution is 5.93. The van der Waals surface area contributed by atoms with Crippen molar-refractivity contribution in [3.63, 3.8) is 0 Å². The minimum atomic E-state index is -0.919. The number of aliphatic carboxylic acids is 1. The van der Waals surface area contributed by atoms with Crippen LogP contribution in [0.25, 0.3) is 0 Å². The maximum atomic E-state index is 12.5. The number of amides is 1. The van der Waals surface area contributed by atoms with Crippen molar-refractivity contribution in [3.05, 3.63) is 29.1 Å². The summed E-state index contributed by atoms with van der Waals surface area (Å²) in [5.41, 5.74) is 1.20. The van der Waals surface area contributed by atoms with Gasteiger partial charge < -0.3 is 10.0 Å². The number of carboxylic acid groups (broad SMARTS) is 1. The van der Waals surface area contributed by atoms with Crippen molar-refractivity contribution in [3.8, 4) is 6.07 Å². The maximum absolute atomic E-state index is 12.5. The van der Waals surface area contributed by atoms with Crippen molar-refractivity contribution in [1.82, 2.24) is 9.88 Å². The van der Waals surface area contributed by atoms with Crippen molar-refractivity contribution < 1.29 is 14.7 Å². The Morgan fingerprint density at radius 2 is 2.19 bits per heavy atom. The summed E-state index contributed by atoms with van der Waals surface area (Å²) in [6, 6.07) is 5.21. The molecule has 1 saturated carbocycles. The molecular weight excluding hydrogens is 270 g/mol. The van der Waals surface area contributed by atoms with E-state index in [1.807, 2.05) is 6.07 Å². The van der Waals surface area contributed by atoms with Crippen LogP contribution in [0.1, 0.15) is 41.5 Å². The van der Waals surface area contributed by atoms with E-state index >= 15 is 0 Å². The molecule has 0 aliphatic heterocycles. The van der Waals surface area contributed by atoms with Gasteiger partial charge in [-0.1, -0.05) is 6.92 Å². The molecule has 110 valence electrons. The van der Waals surface area contributed by atoms with Gasteiger partial charge in [0, 0.05) is 12.6 Å². The van der Waals surface area contributed by atoms with Crippen LogP contribution < -0.4 is 0 Å². The van der Waals surface area contributed by atoms with Crippen molar-refractivity contribution in [2.75, 3.05) is 6.54 Å². The maximum Gasteiger partial charge on any atom is 0.308 e. The zero-order valence-corrected chi connectivity index (χ0v) is 12.0. The van der Waals surface area contributed by atoms with Gasteiger partial charge in [0.1, 0.15) is 11.8 Å². The molecule has 1 atom stereocenters. The van der Waals surface area contributed by atoms with Crippen molar-refractivity contribution >= 4 is 11.9 Å². The molecule has 1 amide bonds. The van der Waals surface area contributed by atoms with Gasteiger partial charge in [-0.2, -0.15) is 5.26 Å². The highest BCUT2D eigenvalue weighted by Crippen LogP contribution is 2.29. The third kappa shape index (κ3) is 3.37. The molecule has 1 aromatic heterocycles. The molecule has 21 heavy (non-hydrogen) atoms. The number of carboxylic acids is 1. The number of hydrogen-bond acceptors (Lipinski definition) is 4. The van der Waals surface area contributed by atoms with Gasteiger partial charge in [-0.25, -0.2) is 4.98 Å². The molecule has 0 spiro atoms. The average Bonchev–Trinajstić information content (AvgIpc) is 3.28. The number of nitrogens with zero attached hydrogens (tertiary/aromatic N) is 3. The molecule has 1 aromatic rings. The summed E-state index contributed by atoms with van der Waals surface area (Å²) in [5.74, 6) is -1.80. The minimum absolute atomic E-state index is 0.108. The number of pyridine rings is 1. The van der Waals surface area contributed by atoms with Crippen molar-refractivity contribution in [1.29, 1.82) is 5.26 Å². The quantitative estimate of drug-likeness (QED) is 0.887. The number of aryl methyl sites for hydroxylation is 1. The summed E-state index contributed by atoms with van der Waals surface area (Å²) >= 11 is 0. The van der Waals surface area contributed by atoms with Crippen LogP contribution >= 0.6 is 0 Å². The number of hydrogen-bond donors (Lipinski definition) is 1. The second-order valence-electron chi connectivity index (χ2n) is 5.37. The van der Waals surface area contributed by atoms with E-state index in [9.17, 15) is 9.59 Å². The van der Waals surface area contributed by atoms with Crippen LogP contribution in [0.2, 0.25) is 0 Å². The molecule has 1 aliphatic rings. The predicted octanol–water partition coefficient (Wildman–Crippen LogP) is 1.59. The highest BCUT2D eigenvalue weighted by atomic mass is 16.4. The van der Waals surface area contributed by atoms with E-state index < -0.39 is 11.9 Å². The number of nitriles is 1. The van der Waals surface area contributed by atoms with E-state index in [0.29, 0.717) is 11.3 Å². The Hall–Kier alpha value is -2.42. The van der Waals surface area contributed by atoms with Gasteiger partial charge >= 0.3 is 5.97 Å². The van der Waals surface area contributed by atoms with E-state index in [4.69, 9.17) is 10.4 Å². The summed E-state index contributed by atoms with van der Waals surface area (Å²) in [5, 5.41) is 17.9. The second kappa shape index (κ2) is 5.92. The molecule has 1 heterocycles.